The number of aromatic amines is 1. The average Bonchev–Trinajstić information content (AvgIpc) is 3.06. The number of H-pyrrole nitrogens is 1. The maximum Gasteiger partial charge on any atom is 0.330 e. The highest BCUT2D eigenvalue weighted by Gasteiger charge is 2.56. The molecule has 1 aliphatic heterocycles. The van der Waals surface area contributed by atoms with Crippen LogP contribution in [0.2, 0.25) is 0 Å². The van der Waals surface area contributed by atoms with Gasteiger partial charge in [-0.05, 0) is 30.8 Å². The van der Waals surface area contributed by atoms with Crippen molar-refractivity contribution in [3.05, 3.63) is 53.5 Å². The molecule has 0 bridgehead atoms. The van der Waals surface area contributed by atoms with Crippen LogP contribution in [0.15, 0.2) is 26.0 Å². The number of nitrogens with one attached hydrogen (secondary N) is 1. The molecular formula is C19H30N8O5. The minimum atomic E-state index is -1.29. The molecule has 0 spiro atoms. The Morgan fingerprint density at radius 1 is 1.22 bits per heavy atom. The third-order valence-electron chi connectivity index (χ3n) is 5.27. The van der Waals surface area contributed by atoms with Gasteiger partial charge in [0.15, 0.2) is 0 Å². The van der Waals surface area contributed by atoms with Gasteiger partial charge in [-0.15, -0.1) is 0 Å². The molecule has 1 saturated heterocycles. The van der Waals surface area contributed by atoms with E-state index in [1.807, 2.05) is 13.8 Å². The first-order chi connectivity index (χ1) is 15.4. The van der Waals surface area contributed by atoms with E-state index in [-0.39, 0.29) is 18.7 Å². The molecule has 1 aliphatic rings. The number of aryl methyl sites for hydroxylation is 1. The summed E-state index contributed by atoms with van der Waals surface area (Å²) in [4.78, 5) is 32.4. The van der Waals surface area contributed by atoms with E-state index < -0.39 is 35.2 Å². The highest BCUT2D eigenvalue weighted by molar-refractivity contribution is 5.09. The maximum atomic E-state index is 12.6. The zero-order valence-electron chi connectivity index (χ0n) is 18.6. The molecule has 1 N–H and O–H groups in total. The molecule has 13 heteroatoms. The third kappa shape index (κ3) is 5.90. The summed E-state index contributed by atoms with van der Waals surface area (Å²) in [6.45, 7) is 6.23. The SMILES string of the molecule is CCCCOC[C@@]1(CN=[N+]=[N-])O[C@@H](n2cc(C)c(=O)[nH]c2=O)C(N=[N+]=[N-])C1OCCCC. The first-order valence-electron chi connectivity index (χ1n) is 10.7. The normalized spacial score (nSPS) is 24.7. The average molecular weight is 451 g/mol. The topological polar surface area (TPSA) is 180 Å². The van der Waals surface area contributed by atoms with Gasteiger partial charge in [0.05, 0.1) is 13.2 Å². The highest BCUT2D eigenvalue weighted by Crippen LogP contribution is 2.41. The van der Waals surface area contributed by atoms with Gasteiger partial charge in [-0.3, -0.25) is 14.3 Å². The number of hydrogen-bond donors (Lipinski definition) is 1. The van der Waals surface area contributed by atoms with Gasteiger partial charge >= 0.3 is 5.69 Å². The van der Waals surface area contributed by atoms with Crippen molar-refractivity contribution < 1.29 is 14.2 Å². The molecule has 1 aromatic rings. The number of rotatable bonds is 13. The van der Waals surface area contributed by atoms with Crippen LogP contribution in [0.4, 0.5) is 0 Å². The van der Waals surface area contributed by atoms with Gasteiger partial charge in [0.2, 0.25) is 0 Å². The van der Waals surface area contributed by atoms with Crippen molar-refractivity contribution in [2.45, 2.75) is 70.4 Å². The number of hydrogen-bond acceptors (Lipinski definition) is 7. The molecule has 0 saturated carbocycles. The van der Waals surface area contributed by atoms with E-state index in [4.69, 9.17) is 19.7 Å². The first kappa shape index (κ1) is 25.4. The predicted molar refractivity (Wildman–Crippen MR) is 116 cm³/mol. The lowest BCUT2D eigenvalue weighted by atomic mass is 9.94. The van der Waals surface area contributed by atoms with E-state index in [0.717, 1.165) is 30.3 Å². The number of nitrogens with zero attached hydrogens (tertiary/aromatic N) is 7. The number of ether oxygens (including phenoxy) is 3. The Balaban J connectivity index is 2.56. The van der Waals surface area contributed by atoms with Gasteiger partial charge in [-0.25, -0.2) is 4.79 Å². The summed E-state index contributed by atoms with van der Waals surface area (Å²) in [5.74, 6) is 0. The summed E-state index contributed by atoms with van der Waals surface area (Å²) >= 11 is 0. The zero-order chi connectivity index (χ0) is 23.6. The Hall–Kier alpha value is -2.82. The molecule has 1 fully saturated rings. The lowest BCUT2D eigenvalue weighted by Crippen LogP contribution is -2.50. The largest absolute Gasteiger partial charge is 0.378 e. The molecule has 0 aliphatic carbocycles. The molecule has 2 heterocycles. The highest BCUT2D eigenvalue weighted by atomic mass is 16.6. The van der Waals surface area contributed by atoms with Gasteiger partial charge in [0.25, 0.3) is 5.56 Å². The minimum Gasteiger partial charge on any atom is -0.378 e. The van der Waals surface area contributed by atoms with Gasteiger partial charge < -0.3 is 14.2 Å². The molecular weight excluding hydrogens is 420 g/mol. The summed E-state index contributed by atoms with van der Waals surface area (Å²) in [5.41, 5.74) is 15.9. The van der Waals surface area contributed by atoms with Crippen molar-refractivity contribution in [1.29, 1.82) is 0 Å². The van der Waals surface area contributed by atoms with Crippen LogP contribution in [0.5, 0.6) is 0 Å². The van der Waals surface area contributed by atoms with Crippen molar-refractivity contribution in [1.82, 2.24) is 9.55 Å². The van der Waals surface area contributed by atoms with Crippen LogP contribution in [0.1, 0.15) is 51.3 Å². The van der Waals surface area contributed by atoms with E-state index in [9.17, 15) is 15.1 Å². The summed E-state index contributed by atoms with van der Waals surface area (Å²) in [7, 11) is 0. The minimum absolute atomic E-state index is 0.00778. The third-order valence-corrected chi connectivity index (χ3v) is 5.27. The van der Waals surface area contributed by atoms with Crippen LogP contribution < -0.4 is 11.2 Å². The fourth-order valence-electron chi connectivity index (χ4n) is 3.55. The molecule has 0 aromatic carbocycles. The maximum absolute atomic E-state index is 12.6. The number of aromatic nitrogens is 2. The first-order valence-corrected chi connectivity index (χ1v) is 10.7. The van der Waals surface area contributed by atoms with E-state index in [0.29, 0.717) is 13.2 Å². The van der Waals surface area contributed by atoms with E-state index in [2.05, 4.69) is 25.0 Å². The summed E-state index contributed by atoms with van der Waals surface area (Å²) < 4.78 is 19.3. The smallest absolute Gasteiger partial charge is 0.330 e. The lowest BCUT2D eigenvalue weighted by Gasteiger charge is -2.33. The molecule has 4 atom stereocenters. The molecule has 2 unspecified atom stereocenters. The molecule has 0 radical (unpaired) electrons. The quantitative estimate of drug-likeness (QED) is 0.209. The molecule has 32 heavy (non-hydrogen) atoms. The van der Waals surface area contributed by atoms with Crippen molar-refractivity contribution in [2.75, 3.05) is 26.4 Å². The van der Waals surface area contributed by atoms with Crippen LogP contribution in [-0.4, -0.2) is 53.7 Å². The van der Waals surface area contributed by atoms with E-state index >= 15 is 0 Å². The monoisotopic (exact) mass is 450 g/mol. The molecule has 2 rings (SSSR count). The van der Waals surface area contributed by atoms with Crippen LogP contribution >= 0.6 is 0 Å². The predicted octanol–water partition coefficient (Wildman–Crippen LogP) is 3.10. The van der Waals surface area contributed by atoms with Gasteiger partial charge in [0.1, 0.15) is 24.0 Å². The number of azide groups is 2. The van der Waals surface area contributed by atoms with Gasteiger partial charge in [-0.1, -0.05) is 36.9 Å². The molecule has 176 valence electrons. The Kier molecular flexibility index (Phi) is 9.76. The summed E-state index contributed by atoms with van der Waals surface area (Å²) in [5, 5.41) is 7.57. The van der Waals surface area contributed by atoms with Gasteiger partial charge in [-0.2, -0.15) is 0 Å². The summed E-state index contributed by atoms with van der Waals surface area (Å²) in [6.07, 6.45) is 2.77. The van der Waals surface area contributed by atoms with Crippen molar-refractivity contribution >= 4 is 0 Å². The van der Waals surface area contributed by atoms with Crippen molar-refractivity contribution in [3.8, 4) is 0 Å². The second kappa shape index (κ2) is 12.3. The molecule has 13 nitrogen and oxygen atoms in total. The Bertz CT molecular complexity index is 965. The molecule has 1 aromatic heterocycles. The van der Waals surface area contributed by atoms with E-state index in [1.54, 1.807) is 6.92 Å². The van der Waals surface area contributed by atoms with Crippen LogP contribution in [0, 0.1) is 6.92 Å². The standard InChI is InChI=1S/C19H30N8O5/c1-4-6-8-30-12-19(11-22-25-20)15(31-9-7-5-2)14(24-26-21)17(32-19)27-10-13(3)16(28)23-18(27)29/h10,14-15,17H,4-9,11-12H2,1-3H3,(H,23,28,29)/t14?,15?,17-,19-/m1/s1. The fraction of sp³-hybridized carbons (Fsp3) is 0.789. The van der Waals surface area contributed by atoms with Gasteiger partial charge in [0, 0.05) is 34.8 Å². The Morgan fingerprint density at radius 2 is 1.94 bits per heavy atom. The Morgan fingerprint density at radius 3 is 2.59 bits per heavy atom. The second-order valence-electron chi connectivity index (χ2n) is 7.69. The van der Waals surface area contributed by atoms with Crippen LogP contribution in [0.25, 0.3) is 20.9 Å². The second-order valence-corrected chi connectivity index (χ2v) is 7.69. The lowest BCUT2D eigenvalue weighted by molar-refractivity contribution is -0.147. The van der Waals surface area contributed by atoms with Crippen molar-refractivity contribution in [3.63, 3.8) is 0 Å². The molecule has 0 amide bonds. The Labute approximate surface area is 184 Å². The zero-order valence-corrected chi connectivity index (χ0v) is 18.6. The van der Waals surface area contributed by atoms with Crippen LogP contribution in [0.3, 0.4) is 0 Å². The fourth-order valence-corrected chi connectivity index (χ4v) is 3.55. The van der Waals surface area contributed by atoms with Crippen molar-refractivity contribution in [2.24, 2.45) is 10.2 Å². The van der Waals surface area contributed by atoms with Crippen LogP contribution in [-0.2, 0) is 14.2 Å². The summed E-state index contributed by atoms with van der Waals surface area (Å²) in [6, 6.07) is -0.969. The van der Waals surface area contributed by atoms with E-state index in [1.165, 1.54) is 6.20 Å². The number of unbranched alkanes of at least 4 members (excludes halogenated alkanes) is 2.